The molecule has 32 heavy (non-hydrogen) atoms. The Morgan fingerprint density at radius 3 is 1.38 bits per heavy atom. The minimum Gasteiger partial charge on any atom is -0.479 e. The fourth-order valence-electron chi connectivity index (χ4n) is 3.91. The molecule has 0 aliphatic carbocycles. The van der Waals surface area contributed by atoms with Crippen LogP contribution in [0.2, 0.25) is 0 Å². The van der Waals surface area contributed by atoms with Gasteiger partial charge in [0.05, 0.1) is 0 Å². The van der Waals surface area contributed by atoms with Crippen molar-refractivity contribution in [3.63, 3.8) is 0 Å². The summed E-state index contributed by atoms with van der Waals surface area (Å²) in [6.45, 7) is 8.77. The van der Waals surface area contributed by atoms with Crippen molar-refractivity contribution in [3.8, 4) is 0 Å². The second kappa shape index (κ2) is 28.4. The highest BCUT2D eigenvalue weighted by atomic mass is 16.4. The van der Waals surface area contributed by atoms with Crippen molar-refractivity contribution in [1.29, 1.82) is 0 Å². The van der Waals surface area contributed by atoms with Crippen molar-refractivity contribution in [2.75, 3.05) is 19.6 Å². The van der Waals surface area contributed by atoms with Crippen LogP contribution in [0.1, 0.15) is 136 Å². The third-order valence-electron chi connectivity index (χ3n) is 6.30. The van der Waals surface area contributed by atoms with Crippen LogP contribution in [0.25, 0.3) is 0 Å². The molecule has 1 atom stereocenters. The average Bonchev–Trinajstić information content (AvgIpc) is 2.78. The van der Waals surface area contributed by atoms with Gasteiger partial charge in [0.2, 0.25) is 0 Å². The first-order chi connectivity index (χ1) is 15.5. The molecule has 0 aliphatic heterocycles. The van der Waals surface area contributed by atoms with Gasteiger partial charge >= 0.3 is 5.97 Å². The average molecular weight is 459 g/mol. The summed E-state index contributed by atoms with van der Waals surface area (Å²) >= 11 is 0. The van der Waals surface area contributed by atoms with E-state index in [1.807, 2.05) is 0 Å². The third kappa shape index (κ3) is 29.4. The largest absolute Gasteiger partial charge is 0.479 e. The van der Waals surface area contributed by atoms with Gasteiger partial charge in [-0.3, -0.25) is 0 Å². The Hall–Kier alpha value is -0.650. The van der Waals surface area contributed by atoms with Crippen molar-refractivity contribution in [2.45, 2.75) is 142 Å². The normalized spacial score (nSPS) is 11.9. The van der Waals surface area contributed by atoms with Gasteiger partial charge < -0.3 is 21.3 Å². The maximum atomic E-state index is 9.45. The maximum Gasteiger partial charge on any atom is 0.332 e. The molecule has 0 saturated heterocycles. The topological polar surface area (TPSA) is 95.6 Å². The van der Waals surface area contributed by atoms with Gasteiger partial charge in [0, 0.05) is 13.1 Å². The number of nitrogens with one attached hydrogen (secondary N) is 1. The number of carboxylic acids is 1. The van der Waals surface area contributed by atoms with Crippen LogP contribution in [0.5, 0.6) is 0 Å². The Bertz CT molecular complexity index is 361. The van der Waals surface area contributed by atoms with E-state index >= 15 is 0 Å². The number of rotatable bonds is 23. The molecular formula is C27H58N2O3. The summed E-state index contributed by atoms with van der Waals surface area (Å²) in [6.07, 6.45) is 24.7. The van der Waals surface area contributed by atoms with E-state index in [0.29, 0.717) is 0 Å². The van der Waals surface area contributed by atoms with Gasteiger partial charge in [-0.25, -0.2) is 4.79 Å². The molecule has 5 heteroatoms. The third-order valence-corrected chi connectivity index (χ3v) is 6.30. The van der Waals surface area contributed by atoms with Gasteiger partial charge in [-0.15, -0.1) is 0 Å². The van der Waals surface area contributed by atoms with Crippen LogP contribution >= 0.6 is 0 Å². The standard InChI is InChI=1S/C24H52N2.C3H6O3/c1-3-24(4-2)20-18-16-14-12-10-8-6-5-7-9-11-13-15-17-19-22-26-23-21-25;1-2(4)3(5)6/h24,26H,3-23,25H2,1-2H3;2,4H,1H3,(H,5,6). The van der Waals surface area contributed by atoms with Crippen molar-refractivity contribution >= 4 is 5.97 Å². The first kappa shape index (κ1) is 33.5. The van der Waals surface area contributed by atoms with Crippen LogP contribution in [0.3, 0.4) is 0 Å². The molecule has 0 radical (unpaired) electrons. The predicted octanol–water partition coefficient (Wildman–Crippen LogP) is 6.66. The summed E-state index contributed by atoms with van der Waals surface area (Å²) in [7, 11) is 0. The molecule has 0 aliphatic rings. The minimum absolute atomic E-state index is 0.762. The lowest BCUT2D eigenvalue weighted by molar-refractivity contribution is -0.145. The molecule has 0 rings (SSSR count). The summed E-state index contributed by atoms with van der Waals surface area (Å²) in [5.74, 6) is -0.191. The molecule has 0 aromatic carbocycles. The second-order valence-corrected chi connectivity index (χ2v) is 9.33. The predicted molar refractivity (Wildman–Crippen MR) is 139 cm³/mol. The first-order valence-corrected chi connectivity index (χ1v) is 13.8. The van der Waals surface area contributed by atoms with Crippen molar-refractivity contribution in [1.82, 2.24) is 5.32 Å². The van der Waals surface area contributed by atoms with Crippen molar-refractivity contribution < 1.29 is 15.0 Å². The Kier molecular flexibility index (Phi) is 29.7. The van der Waals surface area contributed by atoms with Crippen LogP contribution < -0.4 is 11.1 Å². The summed E-state index contributed by atoms with van der Waals surface area (Å²) in [6, 6.07) is 0. The monoisotopic (exact) mass is 458 g/mol. The minimum atomic E-state index is -1.23. The van der Waals surface area contributed by atoms with Crippen LogP contribution in [-0.2, 0) is 4.79 Å². The van der Waals surface area contributed by atoms with Crippen LogP contribution in [0.15, 0.2) is 0 Å². The smallest absolute Gasteiger partial charge is 0.332 e. The molecule has 0 aromatic heterocycles. The quantitative estimate of drug-likeness (QED) is 0.128. The number of unbranched alkanes of at least 4 members (excludes halogenated alkanes) is 14. The van der Waals surface area contributed by atoms with Gasteiger partial charge in [0.25, 0.3) is 0 Å². The molecule has 0 heterocycles. The summed E-state index contributed by atoms with van der Waals surface area (Å²) in [5, 5.41) is 19.1. The number of nitrogens with two attached hydrogens (primary N) is 1. The zero-order valence-electron chi connectivity index (χ0n) is 21.9. The number of hydrogen-bond donors (Lipinski definition) is 4. The molecule has 0 bridgehead atoms. The Morgan fingerprint density at radius 2 is 1.06 bits per heavy atom. The van der Waals surface area contributed by atoms with Crippen molar-refractivity contribution in [2.24, 2.45) is 11.7 Å². The summed E-state index contributed by atoms with van der Waals surface area (Å²) in [5.41, 5.74) is 5.46. The molecule has 0 spiro atoms. The van der Waals surface area contributed by atoms with E-state index in [1.165, 1.54) is 122 Å². The number of carbonyl (C=O) groups is 1. The van der Waals surface area contributed by atoms with Crippen LogP contribution in [0, 0.1) is 5.92 Å². The van der Waals surface area contributed by atoms with Gasteiger partial charge in [0.1, 0.15) is 6.10 Å². The zero-order valence-corrected chi connectivity index (χ0v) is 21.9. The highest BCUT2D eigenvalue weighted by Gasteiger charge is 2.02. The van der Waals surface area contributed by atoms with E-state index in [9.17, 15) is 4.79 Å². The van der Waals surface area contributed by atoms with Gasteiger partial charge in [-0.1, -0.05) is 123 Å². The fourth-order valence-corrected chi connectivity index (χ4v) is 3.91. The lowest BCUT2D eigenvalue weighted by Gasteiger charge is -2.11. The van der Waals surface area contributed by atoms with E-state index in [2.05, 4.69) is 19.2 Å². The molecule has 0 saturated carbocycles. The molecule has 5 nitrogen and oxygen atoms in total. The first-order valence-electron chi connectivity index (χ1n) is 13.8. The van der Waals surface area contributed by atoms with Gasteiger partial charge in [0.15, 0.2) is 0 Å². The van der Waals surface area contributed by atoms with Gasteiger partial charge in [-0.05, 0) is 25.8 Å². The lowest BCUT2D eigenvalue weighted by atomic mass is 9.95. The molecular weight excluding hydrogens is 400 g/mol. The highest BCUT2D eigenvalue weighted by Crippen LogP contribution is 2.18. The van der Waals surface area contributed by atoms with E-state index in [4.69, 9.17) is 15.9 Å². The number of carboxylic acid groups (broad SMARTS) is 1. The highest BCUT2D eigenvalue weighted by molar-refractivity contribution is 5.71. The zero-order chi connectivity index (χ0) is 24.3. The van der Waals surface area contributed by atoms with E-state index in [-0.39, 0.29) is 0 Å². The number of aliphatic hydroxyl groups excluding tert-OH is 1. The number of hydrogen-bond acceptors (Lipinski definition) is 4. The maximum absolute atomic E-state index is 9.45. The molecule has 0 amide bonds. The molecule has 194 valence electrons. The molecule has 1 unspecified atom stereocenters. The number of aliphatic hydroxyl groups is 1. The van der Waals surface area contributed by atoms with E-state index in [1.54, 1.807) is 0 Å². The van der Waals surface area contributed by atoms with Gasteiger partial charge in [-0.2, -0.15) is 0 Å². The van der Waals surface area contributed by atoms with Crippen molar-refractivity contribution in [3.05, 3.63) is 0 Å². The van der Waals surface area contributed by atoms with Crippen LogP contribution in [0.4, 0.5) is 0 Å². The second-order valence-electron chi connectivity index (χ2n) is 9.33. The van der Waals surface area contributed by atoms with E-state index < -0.39 is 12.1 Å². The Labute approximate surface area is 200 Å². The number of aliphatic carboxylic acids is 1. The van der Waals surface area contributed by atoms with E-state index in [0.717, 1.165) is 25.6 Å². The molecule has 0 fully saturated rings. The Balaban J connectivity index is 0. The Morgan fingerprint density at radius 1 is 0.719 bits per heavy atom. The van der Waals surface area contributed by atoms with Crippen LogP contribution in [-0.4, -0.2) is 41.9 Å². The summed E-state index contributed by atoms with van der Waals surface area (Å²) < 4.78 is 0. The molecule has 0 aromatic rings. The summed E-state index contributed by atoms with van der Waals surface area (Å²) in [4.78, 5) is 9.45. The fraction of sp³-hybridized carbons (Fsp3) is 0.963. The lowest BCUT2D eigenvalue weighted by Crippen LogP contribution is -2.23. The molecule has 5 N–H and O–H groups in total. The SMILES string of the molecule is CC(O)C(=O)O.CCC(CC)CCCCCCCCCCCCCCCCCNCCN.